The largest absolute Gasteiger partial charge is 0.380 e. The van der Waals surface area contributed by atoms with Crippen LogP contribution in [0.5, 0.6) is 0 Å². The third kappa shape index (κ3) is 3.58. The number of nitrogens with zero attached hydrogens (tertiary/aromatic N) is 2. The lowest BCUT2D eigenvalue weighted by Gasteiger charge is -2.24. The van der Waals surface area contributed by atoms with Gasteiger partial charge in [0.1, 0.15) is 0 Å². The molecule has 2 amide bonds. The molecular weight excluding hydrogens is 270 g/mol. The van der Waals surface area contributed by atoms with Gasteiger partial charge in [-0.15, -0.1) is 0 Å². The smallest absolute Gasteiger partial charge is 0.325 e. The predicted molar refractivity (Wildman–Crippen MR) is 70.8 cm³/mol. The Morgan fingerprint density at radius 2 is 1.35 bits per heavy atom. The van der Waals surface area contributed by atoms with Crippen molar-refractivity contribution in [1.29, 1.82) is 0 Å². The number of amides is 2. The highest BCUT2D eigenvalue weighted by Gasteiger charge is 2.47. The van der Waals surface area contributed by atoms with E-state index in [4.69, 9.17) is 9.47 Å². The van der Waals surface area contributed by atoms with E-state index in [0.717, 1.165) is 9.80 Å². The maximum Gasteiger partial charge on any atom is 0.325 e. The van der Waals surface area contributed by atoms with Crippen LogP contribution in [0.25, 0.3) is 0 Å². The van der Waals surface area contributed by atoms with Gasteiger partial charge in [0.25, 0.3) is 0 Å². The zero-order valence-electron chi connectivity index (χ0n) is 12.5. The van der Waals surface area contributed by atoms with E-state index in [1.165, 1.54) is 14.2 Å². The van der Waals surface area contributed by atoms with E-state index >= 15 is 0 Å². The number of alkyl halides is 2. The van der Waals surface area contributed by atoms with E-state index in [0.29, 0.717) is 12.8 Å². The Morgan fingerprint density at radius 3 is 1.60 bits per heavy atom. The fourth-order valence-corrected chi connectivity index (χ4v) is 2.21. The Kier molecular flexibility index (Phi) is 6.61. The molecule has 0 aromatic heterocycles. The number of hydrogen-bond donors (Lipinski definition) is 0. The number of carbonyl (C=O) groups is 1. The number of hydrogen-bond acceptors (Lipinski definition) is 3. The second-order valence-electron chi connectivity index (χ2n) is 4.86. The van der Waals surface area contributed by atoms with Gasteiger partial charge in [-0.1, -0.05) is 13.8 Å². The summed E-state index contributed by atoms with van der Waals surface area (Å²) in [7, 11) is 2.98. The molecular formula is C13H24F2N2O3. The molecule has 0 N–H and O–H groups in total. The highest BCUT2D eigenvalue weighted by atomic mass is 19.2. The average molecular weight is 294 g/mol. The summed E-state index contributed by atoms with van der Waals surface area (Å²) in [6.45, 7) is 3.83. The normalized spacial score (nSPS) is 26.2. The van der Waals surface area contributed by atoms with E-state index in [2.05, 4.69) is 0 Å². The van der Waals surface area contributed by atoms with Gasteiger partial charge in [0.2, 0.25) is 12.6 Å². The van der Waals surface area contributed by atoms with E-state index in [-0.39, 0.29) is 25.3 Å². The van der Waals surface area contributed by atoms with Gasteiger partial charge < -0.3 is 9.47 Å². The maximum atomic E-state index is 14.0. The van der Waals surface area contributed by atoms with E-state index in [1.807, 2.05) is 13.8 Å². The molecule has 0 radical (unpaired) electrons. The molecule has 5 nitrogen and oxygen atoms in total. The summed E-state index contributed by atoms with van der Waals surface area (Å²) in [5.41, 5.74) is 0. The highest BCUT2D eigenvalue weighted by molar-refractivity contribution is 5.77. The predicted octanol–water partition coefficient (Wildman–Crippen LogP) is 2.17. The Labute approximate surface area is 118 Å². The van der Waals surface area contributed by atoms with Gasteiger partial charge in [0.15, 0.2) is 0 Å². The van der Waals surface area contributed by atoms with Gasteiger partial charge in [-0.05, 0) is 12.8 Å². The zero-order valence-corrected chi connectivity index (χ0v) is 12.5. The molecule has 1 fully saturated rings. The SMILES string of the molecule is CCC(CN1C(=O)N(CC(CC)OC)C(F)C1F)OC. The number of rotatable bonds is 8. The minimum Gasteiger partial charge on any atom is -0.380 e. The average Bonchev–Trinajstić information content (AvgIpc) is 2.66. The summed E-state index contributed by atoms with van der Waals surface area (Å²) in [6, 6.07) is -0.643. The molecule has 4 unspecified atom stereocenters. The van der Waals surface area contributed by atoms with Crippen LogP contribution >= 0.6 is 0 Å². The van der Waals surface area contributed by atoms with E-state index < -0.39 is 18.6 Å². The Hall–Kier alpha value is -0.950. The van der Waals surface area contributed by atoms with Gasteiger partial charge >= 0.3 is 6.03 Å². The molecule has 1 saturated heterocycles. The molecule has 1 aliphatic heterocycles. The van der Waals surface area contributed by atoms with Gasteiger partial charge in [-0.3, -0.25) is 9.80 Å². The summed E-state index contributed by atoms with van der Waals surface area (Å²) in [4.78, 5) is 13.9. The number of halogens is 2. The minimum atomic E-state index is -1.96. The van der Waals surface area contributed by atoms with Crippen molar-refractivity contribution in [3.05, 3.63) is 0 Å². The van der Waals surface area contributed by atoms with Crippen LogP contribution in [-0.2, 0) is 9.47 Å². The Balaban J connectivity index is 2.74. The lowest BCUT2D eigenvalue weighted by molar-refractivity contribution is 0.00240. The summed E-state index contributed by atoms with van der Waals surface area (Å²) in [5.74, 6) is 0. The summed E-state index contributed by atoms with van der Waals surface area (Å²) in [5, 5.41) is 0. The lowest BCUT2D eigenvalue weighted by Crippen LogP contribution is -2.41. The van der Waals surface area contributed by atoms with Crippen molar-refractivity contribution in [3.8, 4) is 0 Å². The topological polar surface area (TPSA) is 42.0 Å². The number of urea groups is 1. The molecule has 1 aliphatic rings. The van der Waals surface area contributed by atoms with Crippen LogP contribution < -0.4 is 0 Å². The van der Waals surface area contributed by atoms with Crippen molar-refractivity contribution in [3.63, 3.8) is 0 Å². The minimum absolute atomic E-state index is 0.0493. The molecule has 0 bridgehead atoms. The van der Waals surface area contributed by atoms with Crippen molar-refractivity contribution in [2.24, 2.45) is 0 Å². The molecule has 0 aliphatic carbocycles. The van der Waals surface area contributed by atoms with Gasteiger partial charge in [-0.2, -0.15) is 0 Å². The molecule has 0 aromatic rings. The van der Waals surface area contributed by atoms with Crippen LogP contribution in [0.3, 0.4) is 0 Å². The maximum absolute atomic E-state index is 14.0. The molecule has 0 saturated carbocycles. The fourth-order valence-electron chi connectivity index (χ4n) is 2.21. The van der Waals surface area contributed by atoms with Gasteiger partial charge in [0, 0.05) is 14.2 Å². The van der Waals surface area contributed by atoms with Crippen molar-refractivity contribution in [1.82, 2.24) is 9.80 Å². The first-order chi connectivity index (χ1) is 9.49. The molecule has 0 aromatic carbocycles. The van der Waals surface area contributed by atoms with E-state index in [9.17, 15) is 13.6 Å². The lowest BCUT2D eigenvalue weighted by atomic mass is 10.2. The number of carbonyl (C=O) groups excluding carboxylic acids is 1. The van der Waals surface area contributed by atoms with Crippen molar-refractivity contribution in [2.45, 2.75) is 51.5 Å². The van der Waals surface area contributed by atoms with Crippen molar-refractivity contribution in [2.75, 3.05) is 27.3 Å². The second-order valence-corrected chi connectivity index (χ2v) is 4.86. The molecule has 1 heterocycles. The first-order valence-corrected chi connectivity index (χ1v) is 6.91. The molecule has 118 valence electrons. The third-order valence-electron chi connectivity index (χ3n) is 3.69. The third-order valence-corrected chi connectivity index (χ3v) is 3.69. The summed E-state index contributed by atoms with van der Waals surface area (Å²) >= 11 is 0. The quantitative estimate of drug-likeness (QED) is 0.644. The first-order valence-electron chi connectivity index (χ1n) is 6.91. The Bertz CT molecular complexity index is 284. The fraction of sp³-hybridized carbons (Fsp3) is 0.923. The number of ether oxygens (including phenoxy) is 2. The highest BCUT2D eigenvalue weighted by Crippen LogP contribution is 2.26. The zero-order chi connectivity index (χ0) is 15.3. The second kappa shape index (κ2) is 7.73. The molecule has 4 atom stereocenters. The first kappa shape index (κ1) is 17.1. The number of methoxy groups -OCH3 is 2. The molecule has 1 rings (SSSR count). The van der Waals surface area contributed by atoms with Gasteiger partial charge in [-0.25, -0.2) is 13.6 Å². The molecule has 0 spiro atoms. The molecule has 20 heavy (non-hydrogen) atoms. The Morgan fingerprint density at radius 1 is 1.00 bits per heavy atom. The van der Waals surface area contributed by atoms with Crippen LogP contribution in [0, 0.1) is 0 Å². The summed E-state index contributed by atoms with van der Waals surface area (Å²) in [6.07, 6.45) is -3.26. The van der Waals surface area contributed by atoms with Crippen molar-refractivity contribution < 1.29 is 23.0 Å². The van der Waals surface area contributed by atoms with Gasteiger partial charge in [0.05, 0.1) is 25.3 Å². The monoisotopic (exact) mass is 294 g/mol. The van der Waals surface area contributed by atoms with Crippen LogP contribution in [0.4, 0.5) is 13.6 Å². The standard InChI is InChI=1S/C13H24F2N2O3/c1-5-9(19-3)7-16-11(14)12(15)17(13(16)18)8-10(6-2)20-4/h9-12H,5-8H2,1-4H3. The van der Waals surface area contributed by atoms with E-state index in [1.54, 1.807) is 0 Å². The molecule has 7 heteroatoms. The van der Waals surface area contributed by atoms with Crippen LogP contribution in [0.15, 0.2) is 0 Å². The van der Waals surface area contributed by atoms with Crippen molar-refractivity contribution >= 4 is 6.03 Å². The van der Waals surface area contributed by atoms with Crippen LogP contribution in [-0.4, -0.2) is 67.9 Å². The van der Waals surface area contributed by atoms with Crippen LogP contribution in [0.1, 0.15) is 26.7 Å². The van der Waals surface area contributed by atoms with Crippen LogP contribution in [0.2, 0.25) is 0 Å². The summed E-state index contributed by atoms with van der Waals surface area (Å²) < 4.78 is 38.2.